The van der Waals surface area contributed by atoms with Gasteiger partial charge in [-0.15, -0.1) is 0 Å². The van der Waals surface area contributed by atoms with Gasteiger partial charge in [0.25, 0.3) is 0 Å². The molecule has 1 aromatic heterocycles. The first-order valence-corrected chi connectivity index (χ1v) is 6.31. The molecule has 0 aliphatic carbocycles. The molecular formula is C15H11N5. The van der Waals surface area contributed by atoms with E-state index in [0.29, 0.717) is 0 Å². The van der Waals surface area contributed by atoms with Gasteiger partial charge in [-0.25, -0.2) is 0 Å². The Morgan fingerprint density at radius 3 is 2.80 bits per heavy atom. The normalized spacial score (nSPS) is 15.7. The first-order valence-electron chi connectivity index (χ1n) is 6.31. The summed E-state index contributed by atoms with van der Waals surface area (Å²) in [6.07, 6.45) is 5.29. The van der Waals surface area contributed by atoms with E-state index in [1.807, 2.05) is 47.4 Å². The van der Waals surface area contributed by atoms with Crippen LogP contribution in [0.1, 0.15) is 11.3 Å². The number of fused-ring (bicyclic) bond motifs is 3. The summed E-state index contributed by atoms with van der Waals surface area (Å²) in [5.41, 5.74) is 6.65. The van der Waals surface area contributed by atoms with Crippen molar-refractivity contribution >= 4 is 17.7 Å². The molecule has 96 valence electrons. The van der Waals surface area contributed by atoms with E-state index >= 15 is 0 Å². The molecule has 0 fully saturated rings. The Kier molecular flexibility index (Phi) is 2.35. The molecule has 0 saturated heterocycles. The molecule has 2 aliphatic rings. The van der Waals surface area contributed by atoms with Crippen LogP contribution in [0.2, 0.25) is 0 Å². The van der Waals surface area contributed by atoms with Crippen LogP contribution in [0.3, 0.4) is 0 Å². The molecule has 0 amide bonds. The van der Waals surface area contributed by atoms with E-state index in [0.717, 1.165) is 28.5 Å². The molecule has 0 bridgehead atoms. The van der Waals surface area contributed by atoms with Crippen LogP contribution < -0.4 is 10.3 Å². The van der Waals surface area contributed by atoms with Crippen molar-refractivity contribution < 1.29 is 0 Å². The Balaban J connectivity index is 1.95. The molecule has 0 radical (unpaired) electrons. The van der Waals surface area contributed by atoms with Crippen LogP contribution >= 0.6 is 0 Å². The molecule has 2 aliphatic heterocycles. The van der Waals surface area contributed by atoms with Crippen molar-refractivity contribution in [3.05, 3.63) is 71.9 Å². The van der Waals surface area contributed by atoms with Gasteiger partial charge in [0.05, 0.1) is 17.6 Å². The number of anilines is 1. The van der Waals surface area contributed by atoms with Crippen molar-refractivity contribution in [2.24, 2.45) is 10.1 Å². The predicted octanol–water partition coefficient (Wildman–Crippen LogP) is 2.08. The number of nitrogens with zero attached hydrogens (tertiary/aromatic N) is 4. The minimum atomic E-state index is 0.824. The average molecular weight is 261 g/mol. The highest BCUT2D eigenvalue weighted by atomic mass is 15.5. The van der Waals surface area contributed by atoms with E-state index in [-0.39, 0.29) is 0 Å². The monoisotopic (exact) mass is 261 g/mol. The molecule has 2 aromatic rings. The summed E-state index contributed by atoms with van der Waals surface area (Å²) < 4.78 is 0. The van der Waals surface area contributed by atoms with Crippen molar-refractivity contribution in [3.8, 4) is 0 Å². The van der Waals surface area contributed by atoms with Crippen LogP contribution in [0.4, 0.5) is 5.69 Å². The predicted molar refractivity (Wildman–Crippen MR) is 78.5 cm³/mol. The van der Waals surface area contributed by atoms with E-state index in [2.05, 4.69) is 20.5 Å². The van der Waals surface area contributed by atoms with Gasteiger partial charge in [0.2, 0.25) is 0 Å². The van der Waals surface area contributed by atoms with Gasteiger partial charge in [-0.1, -0.05) is 30.3 Å². The third kappa shape index (κ3) is 1.60. The van der Waals surface area contributed by atoms with Gasteiger partial charge in [0.15, 0.2) is 5.82 Å². The number of hydrogen-bond donors (Lipinski definition) is 1. The van der Waals surface area contributed by atoms with Crippen LogP contribution in [-0.4, -0.2) is 17.0 Å². The second kappa shape index (κ2) is 4.31. The molecule has 20 heavy (non-hydrogen) atoms. The fourth-order valence-corrected chi connectivity index (χ4v) is 2.32. The Morgan fingerprint density at radius 1 is 1.00 bits per heavy atom. The summed E-state index contributed by atoms with van der Waals surface area (Å²) in [6.45, 7) is 0. The molecule has 0 unspecified atom stereocenters. The van der Waals surface area contributed by atoms with Gasteiger partial charge in [0.1, 0.15) is 12.0 Å². The highest BCUT2D eigenvalue weighted by Crippen LogP contribution is 2.27. The van der Waals surface area contributed by atoms with E-state index < -0.39 is 0 Å². The van der Waals surface area contributed by atoms with Crippen molar-refractivity contribution in [1.29, 1.82) is 0 Å². The maximum absolute atomic E-state index is 4.59. The fourth-order valence-electron chi connectivity index (χ4n) is 2.32. The van der Waals surface area contributed by atoms with Crippen molar-refractivity contribution in [2.75, 3.05) is 4.90 Å². The minimum absolute atomic E-state index is 0.824. The average Bonchev–Trinajstić information content (AvgIpc) is 2.92. The van der Waals surface area contributed by atoms with Crippen LogP contribution in [0, 0.1) is 0 Å². The van der Waals surface area contributed by atoms with Crippen molar-refractivity contribution in [3.63, 3.8) is 0 Å². The number of aliphatic imine (C=N–C) groups is 1. The molecule has 1 N–H and O–H groups in total. The van der Waals surface area contributed by atoms with Crippen molar-refractivity contribution in [2.45, 2.75) is 0 Å². The summed E-state index contributed by atoms with van der Waals surface area (Å²) in [5.74, 6) is 0.824. The number of pyridine rings is 1. The standard InChI is InChI=1S/C15H11N5/c1-2-5-11(6-3-1)14-15-12(7-4-8-16-15)20-10-18-19-13(20)9-17-14/h1-10,19H. The Hall–Kier alpha value is -2.95. The second-order valence-electron chi connectivity index (χ2n) is 4.46. The maximum atomic E-state index is 4.59. The van der Waals surface area contributed by atoms with Gasteiger partial charge in [-0.2, -0.15) is 5.10 Å². The summed E-state index contributed by atoms with van der Waals surface area (Å²) in [4.78, 5) is 11.0. The summed E-state index contributed by atoms with van der Waals surface area (Å²) in [6, 6.07) is 14.0. The van der Waals surface area contributed by atoms with Crippen LogP contribution in [0.5, 0.6) is 0 Å². The van der Waals surface area contributed by atoms with Gasteiger partial charge >= 0.3 is 0 Å². The summed E-state index contributed by atoms with van der Waals surface area (Å²) >= 11 is 0. The van der Waals surface area contributed by atoms with Gasteiger partial charge in [0, 0.05) is 11.8 Å². The van der Waals surface area contributed by atoms with E-state index in [1.54, 1.807) is 18.7 Å². The molecule has 0 saturated carbocycles. The zero-order valence-corrected chi connectivity index (χ0v) is 10.6. The first kappa shape index (κ1) is 10.9. The zero-order chi connectivity index (χ0) is 13.4. The summed E-state index contributed by atoms with van der Waals surface area (Å²) in [7, 11) is 0. The van der Waals surface area contributed by atoms with Crippen LogP contribution in [-0.2, 0) is 0 Å². The minimum Gasteiger partial charge on any atom is -0.281 e. The van der Waals surface area contributed by atoms with E-state index in [9.17, 15) is 0 Å². The topological polar surface area (TPSA) is 52.9 Å². The molecule has 4 rings (SSSR count). The Morgan fingerprint density at radius 2 is 1.90 bits per heavy atom. The SMILES string of the molecule is C1=NNC2=CN=C(c3ccccc3)c3ncccc3N12. The molecule has 5 heteroatoms. The lowest BCUT2D eigenvalue weighted by molar-refractivity contribution is 0.914. The quantitative estimate of drug-likeness (QED) is 0.855. The largest absolute Gasteiger partial charge is 0.281 e. The molecule has 1 aromatic carbocycles. The van der Waals surface area contributed by atoms with Crippen LogP contribution in [0.25, 0.3) is 0 Å². The van der Waals surface area contributed by atoms with E-state index in [4.69, 9.17) is 0 Å². The highest BCUT2D eigenvalue weighted by Gasteiger charge is 2.24. The number of rotatable bonds is 1. The van der Waals surface area contributed by atoms with Gasteiger partial charge in [-0.3, -0.25) is 20.3 Å². The smallest absolute Gasteiger partial charge is 0.151 e. The fraction of sp³-hybridized carbons (Fsp3) is 0. The highest BCUT2D eigenvalue weighted by molar-refractivity contribution is 6.16. The molecule has 5 nitrogen and oxygen atoms in total. The zero-order valence-electron chi connectivity index (χ0n) is 10.6. The van der Waals surface area contributed by atoms with Crippen LogP contribution in [0.15, 0.2) is 70.8 Å². The summed E-state index contributed by atoms with van der Waals surface area (Å²) in [5, 5.41) is 4.05. The van der Waals surface area contributed by atoms with E-state index in [1.165, 1.54) is 0 Å². The maximum Gasteiger partial charge on any atom is 0.151 e. The second-order valence-corrected chi connectivity index (χ2v) is 4.46. The first-order chi connectivity index (χ1) is 9.93. The van der Waals surface area contributed by atoms with Gasteiger partial charge in [-0.05, 0) is 12.1 Å². The number of hydrazone groups is 1. The molecule has 0 atom stereocenters. The third-order valence-electron chi connectivity index (χ3n) is 3.25. The van der Waals surface area contributed by atoms with Gasteiger partial charge < -0.3 is 0 Å². The number of hydrogen-bond acceptors (Lipinski definition) is 5. The third-order valence-corrected chi connectivity index (χ3v) is 3.25. The lowest BCUT2D eigenvalue weighted by Gasteiger charge is -2.16. The lowest BCUT2D eigenvalue weighted by atomic mass is 10.1. The Labute approximate surface area is 116 Å². The lowest BCUT2D eigenvalue weighted by Crippen LogP contribution is -2.21. The Bertz CT molecular complexity index is 746. The number of aromatic nitrogens is 1. The molecule has 3 heterocycles. The number of nitrogens with one attached hydrogen (secondary N) is 1. The number of benzene rings is 1. The van der Waals surface area contributed by atoms with Crippen molar-refractivity contribution in [1.82, 2.24) is 10.4 Å². The molecular weight excluding hydrogens is 250 g/mol. The molecule has 0 spiro atoms.